The first-order valence-corrected chi connectivity index (χ1v) is 12.9. The van der Waals surface area contributed by atoms with E-state index in [0.717, 1.165) is 9.47 Å². The minimum Gasteiger partial charge on any atom is -0.507 e. The smallest absolute Gasteiger partial charge is 0.352 e. The number of carbonyl (C=O) groups excluding carboxylic acids is 2. The lowest BCUT2D eigenvalue weighted by atomic mass is 9.64. The lowest BCUT2D eigenvalue weighted by Gasteiger charge is -2.49. The van der Waals surface area contributed by atoms with E-state index in [2.05, 4.69) is 0 Å². The third kappa shape index (κ3) is 2.88. The molecule has 2 aromatic carbocycles. The van der Waals surface area contributed by atoms with Crippen molar-refractivity contribution in [3.05, 3.63) is 91.8 Å². The van der Waals surface area contributed by atoms with Crippen molar-refractivity contribution in [3.8, 4) is 11.4 Å². The maximum Gasteiger partial charge on any atom is 0.352 e. The summed E-state index contributed by atoms with van der Waals surface area (Å²) in [5.74, 6) is -2.10. The number of aromatic hydroxyl groups is 1. The quantitative estimate of drug-likeness (QED) is 0.298. The van der Waals surface area contributed by atoms with Crippen LogP contribution >= 0.6 is 23.2 Å². The van der Waals surface area contributed by atoms with Crippen LogP contribution in [0.5, 0.6) is 5.75 Å². The van der Waals surface area contributed by atoms with Crippen LogP contribution in [0.3, 0.4) is 0 Å². The molecule has 1 N–H and O–H groups in total. The van der Waals surface area contributed by atoms with Crippen LogP contribution in [0.15, 0.2) is 63.7 Å². The largest absolute Gasteiger partial charge is 0.507 e. The number of likely N-dealkylation sites (tertiary alicyclic amines) is 1. The second-order valence-corrected chi connectivity index (χ2v) is 11.4. The normalized spacial score (nSPS) is 28.1. The Morgan fingerprint density at radius 3 is 2.21 bits per heavy atom. The number of hydrogen-bond donors (Lipinski definition) is 1. The van der Waals surface area contributed by atoms with Crippen LogP contribution in [0.1, 0.15) is 35.1 Å². The van der Waals surface area contributed by atoms with Crippen LogP contribution in [-0.2, 0) is 16.1 Å². The van der Waals surface area contributed by atoms with E-state index >= 15 is 0 Å². The predicted molar refractivity (Wildman–Crippen MR) is 141 cm³/mol. The van der Waals surface area contributed by atoms with Crippen LogP contribution in [0.25, 0.3) is 5.69 Å². The number of hydrogen-bond acceptors (Lipinski definition) is 5. The maximum absolute atomic E-state index is 13.8. The molecule has 3 aliphatic rings. The van der Waals surface area contributed by atoms with Crippen molar-refractivity contribution >= 4 is 35.0 Å². The van der Waals surface area contributed by atoms with E-state index in [4.69, 9.17) is 23.2 Å². The molecule has 3 heterocycles. The summed E-state index contributed by atoms with van der Waals surface area (Å²) in [5, 5.41) is 10.4. The summed E-state index contributed by atoms with van der Waals surface area (Å²) < 4.78 is 3.73. The van der Waals surface area contributed by atoms with Gasteiger partial charge in [-0.1, -0.05) is 36.4 Å². The number of phenolic OH excluding ortho intramolecular Hbond substituents is 1. The zero-order valence-corrected chi connectivity index (χ0v) is 22.3. The predicted octanol–water partition coefficient (Wildman–Crippen LogP) is 2.75. The van der Waals surface area contributed by atoms with Crippen molar-refractivity contribution in [1.82, 2.24) is 18.8 Å². The minimum atomic E-state index is -1.89. The molecular formula is C27H24Cl2N4O5. The molecule has 9 nitrogen and oxygen atoms in total. The lowest BCUT2D eigenvalue weighted by Crippen LogP contribution is -2.59. The Balaban J connectivity index is 1.63. The number of fused-ring (bicyclic) bond motifs is 4. The van der Waals surface area contributed by atoms with Gasteiger partial charge in [-0.3, -0.25) is 14.5 Å². The zero-order valence-electron chi connectivity index (χ0n) is 20.8. The molecule has 38 heavy (non-hydrogen) atoms. The highest BCUT2D eigenvalue weighted by molar-refractivity contribution is 6.53. The van der Waals surface area contributed by atoms with Gasteiger partial charge in [0.15, 0.2) is 9.75 Å². The van der Waals surface area contributed by atoms with Crippen LogP contribution in [-0.4, -0.2) is 52.5 Å². The number of carbonyl (C=O) groups is 2. The first-order chi connectivity index (χ1) is 17.9. The molecule has 4 atom stereocenters. The Kier molecular flexibility index (Phi) is 5.19. The van der Waals surface area contributed by atoms with Gasteiger partial charge < -0.3 is 5.11 Å². The highest BCUT2D eigenvalue weighted by atomic mass is 35.5. The number of benzene rings is 2. The molecule has 11 heteroatoms. The topological polar surface area (TPSA) is 107 Å². The standard InChI is InChI=1S/C27H24Cl2N4O5/c1-14-11-16(12-15(2)21(14)34)20-18-9-10-31-24(37)32(17-7-5-4-6-8-17)25(38)33(31)19(18)13-26(28)22(35)30(3)23(36)27(20,26)29/h4-9,11-12,19-20,34H,10,13H2,1-3H3. The Morgan fingerprint density at radius 2 is 1.58 bits per heavy atom. The van der Waals surface area contributed by atoms with Gasteiger partial charge in [0.25, 0.3) is 11.8 Å². The molecule has 1 saturated heterocycles. The average Bonchev–Trinajstić information content (AvgIpc) is 3.22. The number of alkyl halides is 2. The lowest BCUT2D eigenvalue weighted by molar-refractivity contribution is -0.137. The first kappa shape index (κ1) is 24.8. The fourth-order valence-corrected chi connectivity index (χ4v) is 7.33. The third-order valence-electron chi connectivity index (χ3n) is 8.14. The summed E-state index contributed by atoms with van der Waals surface area (Å²) in [4.78, 5) is 51.4. The van der Waals surface area contributed by atoms with Gasteiger partial charge in [0.1, 0.15) is 5.75 Å². The Bertz CT molecular complexity index is 1680. The molecule has 1 saturated carbocycles. The summed E-state index contributed by atoms with van der Waals surface area (Å²) in [7, 11) is 1.34. The van der Waals surface area contributed by atoms with Crippen molar-refractivity contribution in [3.63, 3.8) is 0 Å². The minimum absolute atomic E-state index is 0.0620. The van der Waals surface area contributed by atoms with Gasteiger partial charge in [0, 0.05) is 19.4 Å². The Hall–Kier alpha value is -3.56. The van der Waals surface area contributed by atoms with Gasteiger partial charge in [-0.25, -0.2) is 23.5 Å². The van der Waals surface area contributed by atoms with E-state index in [0.29, 0.717) is 28.0 Å². The zero-order chi connectivity index (χ0) is 27.3. The van der Waals surface area contributed by atoms with Gasteiger partial charge in [0.05, 0.1) is 18.3 Å². The van der Waals surface area contributed by atoms with E-state index in [9.17, 15) is 24.3 Å². The highest BCUT2D eigenvalue weighted by Gasteiger charge is 2.74. The van der Waals surface area contributed by atoms with Crippen LogP contribution in [0, 0.1) is 13.8 Å². The van der Waals surface area contributed by atoms with Crippen molar-refractivity contribution < 1.29 is 14.7 Å². The number of aryl methyl sites for hydroxylation is 2. The SMILES string of the molecule is Cc1cc(C2C3=CCn4c(=O)n(-c5ccccc5)c(=O)n4C3CC3(Cl)C(=O)N(C)C(=O)C23Cl)cc(C)c1O. The van der Waals surface area contributed by atoms with Crippen LogP contribution in [0.4, 0.5) is 0 Å². The molecule has 6 rings (SSSR count). The van der Waals surface area contributed by atoms with E-state index in [1.54, 1.807) is 62.4 Å². The Labute approximate surface area is 227 Å². The Morgan fingerprint density at radius 1 is 0.947 bits per heavy atom. The molecule has 0 spiro atoms. The van der Waals surface area contributed by atoms with Crippen LogP contribution in [0.2, 0.25) is 0 Å². The molecule has 2 amide bonds. The fraction of sp³-hybridized carbons (Fsp3) is 0.333. The van der Waals surface area contributed by atoms with Crippen molar-refractivity contribution in [2.24, 2.45) is 0 Å². The number of amides is 2. The maximum atomic E-state index is 13.8. The van der Waals surface area contributed by atoms with Gasteiger partial charge in [-0.05, 0) is 48.2 Å². The number of para-hydroxylation sites is 1. The number of allylic oxidation sites excluding steroid dienone is 2. The molecule has 2 aliphatic heterocycles. The molecule has 0 bridgehead atoms. The molecule has 1 aliphatic carbocycles. The molecule has 196 valence electrons. The molecule has 2 fully saturated rings. The summed E-state index contributed by atoms with van der Waals surface area (Å²) in [5.41, 5.74) is 1.63. The van der Waals surface area contributed by atoms with Crippen molar-refractivity contribution in [1.29, 1.82) is 0 Å². The fourth-order valence-electron chi connectivity index (χ4n) is 6.33. The van der Waals surface area contributed by atoms with Crippen molar-refractivity contribution in [2.75, 3.05) is 7.05 Å². The van der Waals surface area contributed by atoms with Gasteiger partial charge in [-0.2, -0.15) is 0 Å². The van der Waals surface area contributed by atoms with Gasteiger partial charge in [-0.15, -0.1) is 23.2 Å². The second kappa shape index (κ2) is 7.97. The molecule has 1 aromatic heterocycles. The van der Waals surface area contributed by atoms with E-state index in [1.807, 2.05) is 0 Å². The number of imide groups is 1. The molecule has 4 unspecified atom stereocenters. The number of halogens is 2. The second-order valence-electron chi connectivity index (χ2n) is 10.2. The van der Waals surface area contributed by atoms with Gasteiger partial charge >= 0.3 is 11.4 Å². The number of rotatable bonds is 2. The number of nitrogens with zero attached hydrogens (tertiary/aromatic N) is 4. The first-order valence-electron chi connectivity index (χ1n) is 12.1. The van der Waals surface area contributed by atoms with E-state index in [-0.39, 0.29) is 18.7 Å². The molecule has 3 aromatic rings. The summed E-state index contributed by atoms with van der Waals surface area (Å²) in [6.07, 6.45) is 1.63. The van der Waals surface area contributed by atoms with E-state index < -0.39 is 44.9 Å². The molecule has 0 radical (unpaired) electrons. The van der Waals surface area contributed by atoms with Gasteiger partial charge in [0.2, 0.25) is 0 Å². The molecular weight excluding hydrogens is 531 g/mol. The summed E-state index contributed by atoms with van der Waals surface area (Å²) in [6.45, 7) is 3.52. The number of phenols is 1. The monoisotopic (exact) mass is 554 g/mol. The highest BCUT2D eigenvalue weighted by Crippen LogP contribution is 2.63. The van der Waals surface area contributed by atoms with E-state index in [1.165, 1.54) is 16.4 Å². The van der Waals surface area contributed by atoms with Crippen molar-refractivity contribution in [2.45, 2.75) is 48.5 Å². The number of aromatic nitrogens is 3. The van der Waals surface area contributed by atoms with Crippen LogP contribution < -0.4 is 11.4 Å². The summed E-state index contributed by atoms with van der Waals surface area (Å²) >= 11 is 14.3. The summed E-state index contributed by atoms with van der Waals surface area (Å²) in [6, 6.07) is 11.2. The third-order valence-corrected chi connectivity index (χ3v) is 9.56. The average molecular weight is 555 g/mol.